The molecular weight excluding hydrogens is 237 g/mol. The highest BCUT2D eigenvalue weighted by atomic mass is 79.9. The number of halogens is 2. The molecule has 0 aliphatic rings. The van der Waals surface area contributed by atoms with Crippen molar-refractivity contribution in [1.29, 1.82) is 0 Å². The van der Waals surface area contributed by atoms with Gasteiger partial charge in [0.05, 0.1) is 0 Å². The minimum atomic E-state index is -0.335. The molecule has 0 aliphatic heterocycles. The maximum atomic E-state index is 13.1. The van der Waals surface area contributed by atoms with Crippen LogP contribution in [-0.4, -0.2) is 5.91 Å². The summed E-state index contributed by atoms with van der Waals surface area (Å²) in [5.41, 5.74) is 0.997. The molecule has 0 bridgehead atoms. The Kier molecular flexibility index (Phi) is 3.03. The lowest BCUT2D eigenvalue weighted by atomic mass is 10.2. The fraction of sp³-hybridized carbons (Fsp3) is 0.222. The number of rotatable bonds is 1. The lowest BCUT2D eigenvalue weighted by Crippen LogP contribution is -2.06. The summed E-state index contributed by atoms with van der Waals surface area (Å²) in [6.45, 7) is 3.04. The molecule has 0 unspecified atom stereocenters. The minimum absolute atomic E-state index is 0.213. The average molecular weight is 246 g/mol. The normalized spacial score (nSPS) is 9.85. The first kappa shape index (κ1) is 10.2. The molecule has 1 N–H and O–H groups in total. The van der Waals surface area contributed by atoms with Gasteiger partial charge in [-0.1, -0.05) is 15.9 Å². The Hall–Kier alpha value is -0.900. The topological polar surface area (TPSA) is 29.1 Å². The van der Waals surface area contributed by atoms with Crippen LogP contribution in [0.2, 0.25) is 0 Å². The Bertz CT molecular complexity index is 328. The quantitative estimate of drug-likeness (QED) is 0.810. The van der Waals surface area contributed by atoms with Crippen molar-refractivity contribution in [3.63, 3.8) is 0 Å². The number of nitrogens with one attached hydrogen (secondary N) is 1. The van der Waals surface area contributed by atoms with Gasteiger partial charge in [-0.3, -0.25) is 4.79 Å². The summed E-state index contributed by atoms with van der Waals surface area (Å²) in [6, 6.07) is 2.96. The van der Waals surface area contributed by atoms with Crippen LogP contribution in [0.4, 0.5) is 10.1 Å². The van der Waals surface area contributed by atoms with E-state index in [1.54, 1.807) is 13.0 Å². The molecule has 0 saturated carbocycles. The van der Waals surface area contributed by atoms with Gasteiger partial charge in [0, 0.05) is 17.1 Å². The molecule has 70 valence electrons. The second-order valence-corrected chi connectivity index (χ2v) is 3.60. The Morgan fingerprint density at radius 2 is 2.15 bits per heavy atom. The molecule has 0 spiro atoms. The van der Waals surface area contributed by atoms with Crippen molar-refractivity contribution in [2.24, 2.45) is 0 Å². The molecular formula is C9H9BrFNO. The van der Waals surface area contributed by atoms with Crippen LogP contribution in [0.5, 0.6) is 0 Å². The monoisotopic (exact) mass is 245 g/mol. The third-order valence-corrected chi connectivity index (χ3v) is 2.42. The molecule has 0 radical (unpaired) electrons. The van der Waals surface area contributed by atoms with Crippen LogP contribution in [0, 0.1) is 12.7 Å². The Labute approximate surface area is 84.3 Å². The van der Waals surface area contributed by atoms with Crippen LogP contribution < -0.4 is 5.32 Å². The first-order valence-electron chi connectivity index (χ1n) is 3.74. The summed E-state index contributed by atoms with van der Waals surface area (Å²) < 4.78 is 13.8. The summed E-state index contributed by atoms with van der Waals surface area (Å²) in [5, 5.41) is 2.50. The zero-order chi connectivity index (χ0) is 10.0. The van der Waals surface area contributed by atoms with Gasteiger partial charge in [0.25, 0.3) is 0 Å². The molecule has 1 amide bonds. The zero-order valence-electron chi connectivity index (χ0n) is 7.32. The first-order valence-corrected chi connectivity index (χ1v) is 4.53. The van der Waals surface area contributed by atoms with Gasteiger partial charge in [0.15, 0.2) is 0 Å². The van der Waals surface area contributed by atoms with Gasteiger partial charge >= 0.3 is 0 Å². The maximum absolute atomic E-state index is 13.1. The number of hydrogen-bond donors (Lipinski definition) is 1. The van der Waals surface area contributed by atoms with Gasteiger partial charge in [0.2, 0.25) is 5.91 Å². The van der Waals surface area contributed by atoms with E-state index in [1.807, 2.05) is 0 Å². The second-order valence-electron chi connectivity index (χ2n) is 2.75. The van der Waals surface area contributed by atoms with E-state index in [1.165, 1.54) is 13.0 Å². The van der Waals surface area contributed by atoms with Gasteiger partial charge in [-0.05, 0) is 24.6 Å². The zero-order valence-corrected chi connectivity index (χ0v) is 8.90. The number of benzene rings is 1. The van der Waals surface area contributed by atoms with Crippen molar-refractivity contribution in [1.82, 2.24) is 0 Å². The third kappa shape index (κ3) is 2.52. The highest BCUT2D eigenvalue weighted by Crippen LogP contribution is 2.23. The van der Waals surface area contributed by atoms with Crippen molar-refractivity contribution in [2.75, 3.05) is 5.32 Å². The molecule has 1 aromatic rings. The van der Waals surface area contributed by atoms with E-state index in [9.17, 15) is 9.18 Å². The summed E-state index contributed by atoms with van der Waals surface area (Å²) in [7, 11) is 0. The molecule has 1 aromatic carbocycles. The number of amides is 1. The number of hydrogen-bond acceptors (Lipinski definition) is 1. The predicted octanol–water partition coefficient (Wildman–Crippen LogP) is 2.86. The van der Waals surface area contributed by atoms with Gasteiger partial charge in [0.1, 0.15) is 5.82 Å². The first-order chi connectivity index (χ1) is 6.00. The SMILES string of the molecule is CC(=O)Nc1cc(F)c(C)c(Br)c1. The van der Waals surface area contributed by atoms with Crippen LogP contribution in [-0.2, 0) is 4.79 Å². The van der Waals surface area contributed by atoms with E-state index in [4.69, 9.17) is 0 Å². The highest BCUT2D eigenvalue weighted by molar-refractivity contribution is 9.10. The van der Waals surface area contributed by atoms with Gasteiger partial charge in [-0.25, -0.2) is 4.39 Å². The summed E-state index contributed by atoms with van der Waals surface area (Å²) in [4.78, 5) is 10.7. The molecule has 0 aromatic heterocycles. The number of carbonyl (C=O) groups excluding carboxylic acids is 1. The van der Waals surface area contributed by atoms with Crippen molar-refractivity contribution >= 4 is 27.5 Å². The summed E-state index contributed by atoms with van der Waals surface area (Å²) in [6.07, 6.45) is 0. The van der Waals surface area contributed by atoms with Crippen LogP contribution in [0.15, 0.2) is 16.6 Å². The van der Waals surface area contributed by atoms with E-state index < -0.39 is 0 Å². The lowest BCUT2D eigenvalue weighted by molar-refractivity contribution is -0.114. The number of carbonyl (C=O) groups is 1. The van der Waals surface area contributed by atoms with Gasteiger partial charge < -0.3 is 5.32 Å². The smallest absolute Gasteiger partial charge is 0.221 e. The summed E-state index contributed by atoms with van der Waals surface area (Å²) in [5.74, 6) is -0.548. The van der Waals surface area contributed by atoms with Crippen molar-refractivity contribution in [3.8, 4) is 0 Å². The van der Waals surface area contributed by atoms with Crippen molar-refractivity contribution in [2.45, 2.75) is 13.8 Å². The Balaban J connectivity index is 3.06. The Morgan fingerprint density at radius 1 is 1.54 bits per heavy atom. The molecule has 0 aliphatic carbocycles. The van der Waals surface area contributed by atoms with E-state index in [-0.39, 0.29) is 11.7 Å². The van der Waals surface area contributed by atoms with Gasteiger partial charge in [-0.2, -0.15) is 0 Å². The van der Waals surface area contributed by atoms with Crippen LogP contribution in [0.25, 0.3) is 0 Å². The molecule has 2 nitrogen and oxygen atoms in total. The van der Waals surface area contributed by atoms with Crippen molar-refractivity contribution < 1.29 is 9.18 Å². The molecule has 13 heavy (non-hydrogen) atoms. The Morgan fingerprint density at radius 3 is 2.62 bits per heavy atom. The van der Waals surface area contributed by atoms with E-state index in [0.717, 1.165) is 0 Å². The van der Waals surface area contributed by atoms with Gasteiger partial charge in [-0.15, -0.1) is 0 Å². The fourth-order valence-corrected chi connectivity index (χ4v) is 1.36. The number of anilines is 1. The van der Waals surface area contributed by atoms with Crippen LogP contribution in [0.3, 0.4) is 0 Å². The lowest BCUT2D eigenvalue weighted by Gasteiger charge is -2.05. The summed E-state index contributed by atoms with van der Waals surface area (Å²) >= 11 is 3.20. The van der Waals surface area contributed by atoms with E-state index in [0.29, 0.717) is 15.7 Å². The molecule has 0 saturated heterocycles. The maximum Gasteiger partial charge on any atom is 0.221 e. The molecule has 1 rings (SSSR count). The average Bonchev–Trinajstić information content (AvgIpc) is 1.98. The standard InChI is InChI=1S/C9H9BrFNO/c1-5-8(10)3-7(4-9(5)11)12-6(2)13/h3-4H,1-2H3,(H,12,13). The minimum Gasteiger partial charge on any atom is -0.326 e. The fourth-order valence-electron chi connectivity index (χ4n) is 0.921. The molecule has 0 fully saturated rings. The predicted molar refractivity (Wildman–Crippen MR) is 53.1 cm³/mol. The second kappa shape index (κ2) is 3.87. The largest absolute Gasteiger partial charge is 0.326 e. The van der Waals surface area contributed by atoms with Crippen molar-refractivity contribution in [3.05, 3.63) is 28.0 Å². The molecule has 4 heteroatoms. The highest BCUT2D eigenvalue weighted by Gasteiger charge is 2.05. The van der Waals surface area contributed by atoms with E-state index in [2.05, 4.69) is 21.2 Å². The molecule has 0 atom stereocenters. The van der Waals surface area contributed by atoms with E-state index >= 15 is 0 Å². The van der Waals surface area contributed by atoms with Crippen LogP contribution in [0.1, 0.15) is 12.5 Å². The van der Waals surface area contributed by atoms with Crippen LogP contribution >= 0.6 is 15.9 Å². The molecule has 0 heterocycles. The third-order valence-electron chi connectivity index (χ3n) is 1.60.